The van der Waals surface area contributed by atoms with Gasteiger partial charge in [0.1, 0.15) is 0 Å². The monoisotopic (exact) mass is 2280 g/mol. The van der Waals surface area contributed by atoms with Crippen molar-refractivity contribution in [1.29, 1.82) is 0 Å². The molecule has 702 valence electrons. The Balaban J connectivity index is 0.000000104. The summed E-state index contributed by atoms with van der Waals surface area (Å²) in [5.74, 6) is 1.33. The van der Waals surface area contributed by atoms with E-state index in [1.165, 1.54) is 87.1 Å². The number of halogens is 7. The molecule has 1 fully saturated rings. The van der Waals surface area contributed by atoms with Gasteiger partial charge in [-0.3, -0.25) is 19.2 Å². The number of aromatic nitrogens is 7. The van der Waals surface area contributed by atoms with Crippen LogP contribution in [0.25, 0.3) is 197 Å². The maximum atomic E-state index is 11.2. The van der Waals surface area contributed by atoms with Gasteiger partial charge in [0.25, 0.3) is 5.69 Å². The van der Waals surface area contributed by atoms with Crippen molar-refractivity contribution in [3.05, 3.63) is 473 Å². The summed E-state index contributed by atoms with van der Waals surface area (Å²) in [5, 5.41) is 38.9. The number of para-hydroxylation sites is 7. The molecule has 0 atom stereocenters. The first kappa shape index (κ1) is 95.5. The molecular weight excluding hydrogens is 2210 g/mol. The summed E-state index contributed by atoms with van der Waals surface area (Å²) in [5.41, 5.74) is 16.5. The summed E-state index contributed by atoms with van der Waals surface area (Å²) in [6.07, 6.45) is 0. The topological polar surface area (TPSA) is 151 Å². The highest BCUT2D eigenvalue weighted by Gasteiger charge is 2.52. The Morgan fingerprint density at radius 3 is 1.19 bits per heavy atom. The van der Waals surface area contributed by atoms with Gasteiger partial charge in [0.2, 0.25) is 11.9 Å². The van der Waals surface area contributed by atoms with Crippen LogP contribution in [-0.2, 0) is 9.31 Å². The third kappa shape index (κ3) is 18.4. The quantitative estimate of drug-likeness (QED) is 0.0818. The van der Waals surface area contributed by atoms with E-state index in [4.69, 9.17) is 40.8 Å². The summed E-state index contributed by atoms with van der Waals surface area (Å²) in [6, 6.07) is 146. The SMILES string of the molecule is Brc1cccc2c(Br)cccc12.Brc1cccc2c1ccc1[nH]c3ccccc3c12.Brc1cccc2c1ccc1c2c2ccccc2n1-c1nc(-c2ccccc2)c2ccccc2n1.CC1(C)OB(c2cccc3c(Br)cccc23)OC1(C)C.Clc1ccccc1Nc1cccc2c1ccc1c2c2ccccc2n1-c1nc(-c2ccccc2)c2ccccc2n1.O=[N+]([O-])c1ccccc1-c1cccc2c(Br)cccc12. The van der Waals surface area contributed by atoms with E-state index >= 15 is 0 Å². The number of aromatic amines is 1. The molecular formula is C124H85BBr6ClN9O4. The minimum absolute atomic E-state index is 0.125. The van der Waals surface area contributed by atoms with Crippen LogP contribution in [0.15, 0.2) is 458 Å². The second-order valence-corrected chi connectivity index (χ2v) is 41.8. The van der Waals surface area contributed by atoms with Gasteiger partial charge in [-0.2, -0.15) is 0 Å². The van der Waals surface area contributed by atoms with E-state index in [0.717, 1.165) is 143 Å². The van der Waals surface area contributed by atoms with E-state index in [2.05, 4.69) is 416 Å². The van der Waals surface area contributed by atoms with Crippen LogP contribution in [0.5, 0.6) is 0 Å². The Morgan fingerprint density at radius 1 is 0.303 bits per heavy atom. The number of nitrogens with zero attached hydrogens (tertiary/aromatic N) is 7. The number of anilines is 2. The van der Waals surface area contributed by atoms with Crippen molar-refractivity contribution in [2.75, 3.05) is 5.32 Å². The first-order valence-corrected chi connectivity index (χ1v) is 52.4. The van der Waals surface area contributed by atoms with Gasteiger partial charge in [-0.25, -0.2) is 19.9 Å². The first-order valence-electron chi connectivity index (χ1n) is 47.3. The average Bonchev–Trinajstić information content (AvgIpc) is 1.58. The van der Waals surface area contributed by atoms with E-state index in [-0.39, 0.29) is 28.9 Å². The Morgan fingerprint density at radius 2 is 0.662 bits per heavy atom. The molecule has 1 saturated heterocycles. The fourth-order valence-corrected chi connectivity index (χ4v) is 22.7. The average molecular weight is 2290 g/mol. The van der Waals surface area contributed by atoms with Crippen LogP contribution in [0.3, 0.4) is 0 Å². The maximum Gasteiger partial charge on any atom is 0.495 e. The lowest BCUT2D eigenvalue weighted by molar-refractivity contribution is -0.384. The van der Waals surface area contributed by atoms with Gasteiger partial charge in [-0.05, 0) is 207 Å². The molecule has 0 spiro atoms. The number of rotatable bonds is 9. The minimum Gasteiger partial charge on any atom is -0.399 e. The van der Waals surface area contributed by atoms with Crippen molar-refractivity contribution in [1.82, 2.24) is 34.1 Å². The van der Waals surface area contributed by atoms with Crippen molar-refractivity contribution in [3.63, 3.8) is 0 Å². The molecule has 145 heavy (non-hydrogen) atoms. The van der Waals surface area contributed by atoms with Crippen LogP contribution in [0.4, 0.5) is 17.1 Å². The standard InChI is InChI=1S/C36H23ClN4.C30H18BrN3.C16H18BBrO2.C16H10BrNO2.C16H10BrN.C10H6Br2/c37-28-16-6-8-18-31(28)38-29-19-10-15-25-24(29)21-22-33-34(25)27-14-5-9-20-32(27)41(33)36-39-30-17-7-4-13-26(30)35(40-36)23-11-2-1-3-12-23;31-24-14-8-13-21-20(24)17-18-27-28(21)23-12-5-7-16-26(23)34(27)30-32-25-15-6-4-11-22(25)29(33-30)19-9-2-1-3-10-19;1-15(2)16(3,4)20-17(19-15)13-9-5-8-12-11(13)7-6-10-14(12)18;17-15-9-4-7-11-12(6-3-8-13(11)15)14-5-1-2-10-16(14)18(19)20;17-13-6-3-5-11-10(13)8-9-15-16(11)12-4-1-2-7-14(12)18-15;11-9-5-1-3-7-8(9)4-2-6-10(7)12/h1-22,38H;1-18H;5-10H,1-4H3;1-10H;1-9,18H;1-6H. The zero-order valence-corrected chi connectivity index (χ0v) is 88.8. The van der Waals surface area contributed by atoms with Crippen LogP contribution in [0.2, 0.25) is 5.02 Å². The van der Waals surface area contributed by atoms with E-state index in [9.17, 15) is 10.1 Å². The molecule has 27 rings (SSSR count). The molecule has 26 aromatic rings. The molecule has 0 bridgehead atoms. The van der Waals surface area contributed by atoms with Gasteiger partial charge in [-0.15, -0.1) is 0 Å². The van der Waals surface area contributed by atoms with Crippen molar-refractivity contribution >= 4 is 289 Å². The van der Waals surface area contributed by atoms with Crippen molar-refractivity contribution < 1.29 is 14.2 Å². The van der Waals surface area contributed by atoms with E-state index < -0.39 is 0 Å². The Kier molecular flexibility index (Phi) is 26.8. The highest BCUT2D eigenvalue weighted by atomic mass is 79.9. The van der Waals surface area contributed by atoms with Crippen molar-refractivity contribution in [2.45, 2.75) is 38.9 Å². The Hall–Kier alpha value is -14.4. The molecule has 2 N–H and O–H groups in total. The number of benzene rings is 21. The number of nitro benzene ring substituents is 1. The van der Waals surface area contributed by atoms with Gasteiger partial charge in [-0.1, -0.05) is 423 Å². The van der Waals surface area contributed by atoms with Gasteiger partial charge >= 0.3 is 7.12 Å². The maximum absolute atomic E-state index is 11.2. The molecule has 0 saturated carbocycles. The lowest BCUT2D eigenvalue weighted by atomic mass is 9.76. The summed E-state index contributed by atoms with van der Waals surface area (Å²) >= 11 is 28.0. The third-order valence-electron chi connectivity index (χ3n) is 27.1. The normalized spacial score (nSPS) is 12.6. The Bertz CT molecular complexity index is 9530. The Labute approximate surface area is 891 Å². The second-order valence-electron chi connectivity index (χ2n) is 36.2. The van der Waals surface area contributed by atoms with E-state index in [0.29, 0.717) is 22.5 Å². The van der Waals surface area contributed by atoms with Gasteiger partial charge in [0.05, 0.1) is 76.9 Å². The van der Waals surface area contributed by atoms with E-state index in [1.807, 2.05) is 140 Å². The molecule has 5 aromatic heterocycles. The molecule has 0 unspecified atom stereocenters. The molecule has 0 aliphatic carbocycles. The van der Waals surface area contributed by atoms with Crippen molar-refractivity contribution in [2.24, 2.45) is 0 Å². The number of nitro groups is 1. The minimum atomic E-state index is -0.341. The lowest BCUT2D eigenvalue weighted by Crippen LogP contribution is -2.41. The molecule has 0 radical (unpaired) electrons. The number of hydrogen-bond acceptors (Lipinski definition) is 9. The zero-order chi connectivity index (χ0) is 99.3. The fraction of sp³-hybridized carbons (Fsp3) is 0.0484. The van der Waals surface area contributed by atoms with Crippen LogP contribution in [0, 0.1) is 10.1 Å². The first-order chi connectivity index (χ1) is 70.7. The molecule has 6 heterocycles. The molecule has 1 aliphatic heterocycles. The zero-order valence-electron chi connectivity index (χ0n) is 78.5. The van der Waals surface area contributed by atoms with E-state index in [1.54, 1.807) is 12.1 Å². The fourth-order valence-electron chi connectivity index (χ4n) is 19.6. The summed E-state index contributed by atoms with van der Waals surface area (Å²) in [7, 11) is -0.321. The smallest absolute Gasteiger partial charge is 0.399 e. The van der Waals surface area contributed by atoms with Crippen LogP contribution in [0.1, 0.15) is 27.7 Å². The largest absolute Gasteiger partial charge is 0.495 e. The van der Waals surface area contributed by atoms with Gasteiger partial charge in [0, 0.05) is 109 Å². The lowest BCUT2D eigenvalue weighted by Gasteiger charge is -2.32. The van der Waals surface area contributed by atoms with Crippen LogP contribution in [-0.4, -0.2) is 57.3 Å². The molecule has 13 nitrogen and oxygen atoms in total. The number of nitrogens with one attached hydrogen (secondary N) is 2. The highest BCUT2D eigenvalue weighted by molar-refractivity contribution is 9.11. The van der Waals surface area contributed by atoms with Gasteiger partial charge in [0.15, 0.2) is 0 Å². The summed E-state index contributed by atoms with van der Waals surface area (Å²) < 4.78 is 23.3. The highest BCUT2D eigenvalue weighted by Crippen LogP contribution is 2.46. The molecule has 1 aliphatic rings. The third-order valence-corrected chi connectivity index (χ3v) is 31.6. The number of hydrogen-bond donors (Lipinski definition) is 2. The molecule has 21 heteroatoms. The predicted molar refractivity (Wildman–Crippen MR) is 628 cm³/mol. The predicted octanol–water partition coefficient (Wildman–Crippen LogP) is 36.9. The number of fused-ring (bicyclic) bond motifs is 20. The molecule has 0 amide bonds. The molecule has 21 aromatic carbocycles. The van der Waals surface area contributed by atoms with Crippen molar-refractivity contribution in [3.8, 4) is 45.5 Å². The second kappa shape index (κ2) is 40.7. The summed E-state index contributed by atoms with van der Waals surface area (Å²) in [6.45, 7) is 8.31. The van der Waals surface area contributed by atoms with Gasteiger partial charge < -0.3 is 19.6 Å². The summed E-state index contributed by atoms with van der Waals surface area (Å²) in [4.78, 5) is 34.8. The number of H-pyrrole nitrogens is 1. The van der Waals surface area contributed by atoms with Crippen LogP contribution >= 0.6 is 107 Å². The van der Waals surface area contributed by atoms with Crippen LogP contribution < -0.4 is 10.8 Å².